The first kappa shape index (κ1) is 15.2. The van der Waals surface area contributed by atoms with Gasteiger partial charge in [-0.3, -0.25) is 0 Å². The van der Waals surface area contributed by atoms with Gasteiger partial charge in [-0.05, 0) is 31.5 Å². The first-order valence-corrected chi connectivity index (χ1v) is 5.90. The molecule has 4 nitrogen and oxygen atoms in total. The minimum absolute atomic E-state index is 0.155. The molecule has 0 aromatic heterocycles. The molecule has 1 aromatic rings. The zero-order valence-electron chi connectivity index (χ0n) is 11.4. The van der Waals surface area contributed by atoms with Crippen molar-refractivity contribution < 1.29 is 19.4 Å². The Morgan fingerprint density at radius 2 is 1.95 bits per heavy atom. The van der Waals surface area contributed by atoms with Crippen LogP contribution in [0.2, 0.25) is 0 Å². The summed E-state index contributed by atoms with van der Waals surface area (Å²) in [5, 5.41) is 8.59. The fraction of sp³-hybridized carbons (Fsp3) is 0.400. The van der Waals surface area contributed by atoms with Crippen LogP contribution >= 0.6 is 0 Å². The van der Waals surface area contributed by atoms with E-state index in [1.165, 1.54) is 7.11 Å². The van der Waals surface area contributed by atoms with Crippen LogP contribution in [0.1, 0.15) is 25.0 Å². The first-order valence-electron chi connectivity index (χ1n) is 5.90. The van der Waals surface area contributed by atoms with Crippen molar-refractivity contribution in [1.82, 2.24) is 0 Å². The molecular weight excluding hydrogens is 244 g/mol. The van der Waals surface area contributed by atoms with Crippen LogP contribution in [0, 0.1) is 11.8 Å². The van der Waals surface area contributed by atoms with Gasteiger partial charge in [-0.2, -0.15) is 0 Å². The van der Waals surface area contributed by atoms with E-state index in [1.807, 2.05) is 24.3 Å². The van der Waals surface area contributed by atoms with Crippen molar-refractivity contribution in [1.29, 1.82) is 0 Å². The molecule has 0 unspecified atom stereocenters. The molecule has 0 spiro atoms. The highest BCUT2D eigenvalue weighted by molar-refractivity contribution is 5.78. The molecule has 102 valence electrons. The molecule has 0 heterocycles. The zero-order chi connectivity index (χ0) is 14.3. The summed E-state index contributed by atoms with van der Waals surface area (Å²) < 4.78 is 10.2. The molecule has 4 heteroatoms. The molecule has 0 aliphatic rings. The Bertz CT molecular complexity index is 477. The van der Waals surface area contributed by atoms with Crippen LogP contribution in [-0.4, -0.2) is 30.4 Å². The molecule has 0 amide bonds. The maximum atomic E-state index is 11.4. The van der Waals surface area contributed by atoms with Crippen LogP contribution in [0.15, 0.2) is 24.3 Å². The molecule has 0 radical (unpaired) electrons. The van der Waals surface area contributed by atoms with E-state index in [9.17, 15) is 4.79 Å². The van der Waals surface area contributed by atoms with Crippen LogP contribution < -0.4 is 0 Å². The van der Waals surface area contributed by atoms with Crippen molar-refractivity contribution in [3.8, 4) is 11.8 Å². The molecule has 19 heavy (non-hydrogen) atoms. The molecule has 0 bridgehead atoms. The lowest BCUT2D eigenvalue weighted by molar-refractivity contribution is -0.166. The predicted octanol–water partition coefficient (Wildman–Crippen LogP) is 1.50. The van der Waals surface area contributed by atoms with Gasteiger partial charge in [-0.25, -0.2) is 4.79 Å². The smallest absolute Gasteiger partial charge is 0.337 e. The number of esters is 1. The minimum atomic E-state index is -0.968. The summed E-state index contributed by atoms with van der Waals surface area (Å²) in [6.45, 7) is 3.49. The van der Waals surface area contributed by atoms with Gasteiger partial charge in [0.25, 0.3) is 0 Å². The monoisotopic (exact) mass is 262 g/mol. The summed E-state index contributed by atoms with van der Waals surface area (Å²) in [6.07, 6.45) is 0. The van der Waals surface area contributed by atoms with Crippen molar-refractivity contribution in [3.63, 3.8) is 0 Å². The highest BCUT2D eigenvalue weighted by Gasteiger charge is 2.29. The van der Waals surface area contributed by atoms with E-state index in [0.717, 1.165) is 11.1 Å². The number of ether oxygens (including phenoxy) is 2. The van der Waals surface area contributed by atoms with Crippen molar-refractivity contribution in [3.05, 3.63) is 35.4 Å². The topological polar surface area (TPSA) is 55.8 Å². The van der Waals surface area contributed by atoms with E-state index in [1.54, 1.807) is 13.8 Å². The molecule has 0 saturated carbocycles. The van der Waals surface area contributed by atoms with Crippen LogP contribution in [0.3, 0.4) is 0 Å². The van der Waals surface area contributed by atoms with Gasteiger partial charge in [0.15, 0.2) is 5.60 Å². The van der Waals surface area contributed by atoms with Gasteiger partial charge < -0.3 is 14.6 Å². The average molecular weight is 262 g/mol. The molecule has 1 N–H and O–H groups in total. The van der Waals surface area contributed by atoms with Crippen molar-refractivity contribution in [2.75, 3.05) is 13.7 Å². The molecule has 0 atom stereocenters. The number of carbonyl (C=O) groups excluding carboxylic acids is 1. The summed E-state index contributed by atoms with van der Waals surface area (Å²) in [7, 11) is 1.34. The number of carbonyl (C=O) groups is 1. The average Bonchev–Trinajstić information content (AvgIpc) is 2.43. The quantitative estimate of drug-likeness (QED) is 0.660. The second kappa shape index (κ2) is 6.93. The molecule has 0 saturated heterocycles. The van der Waals surface area contributed by atoms with Crippen LogP contribution in [-0.2, 0) is 20.9 Å². The number of methoxy groups -OCH3 is 1. The van der Waals surface area contributed by atoms with Crippen LogP contribution in [0.5, 0.6) is 0 Å². The highest BCUT2D eigenvalue weighted by Crippen LogP contribution is 2.15. The largest absolute Gasteiger partial charge is 0.467 e. The Labute approximate surface area is 113 Å². The summed E-state index contributed by atoms with van der Waals surface area (Å²) in [5.74, 6) is 4.98. The molecule has 0 aliphatic carbocycles. The van der Waals surface area contributed by atoms with Gasteiger partial charge in [-0.15, -0.1) is 0 Å². The SMILES string of the molecule is COC(=O)C(C)(C)OCc1ccc(C#CCO)cc1. The van der Waals surface area contributed by atoms with Gasteiger partial charge in [-0.1, -0.05) is 24.0 Å². The van der Waals surface area contributed by atoms with Gasteiger partial charge in [0.1, 0.15) is 6.61 Å². The lowest BCUT2D eigenvalue weighted by Crippen LogP contribution is -2.35. The Hall–Kier alpha value is -1.83. The minimum Gasteiger partial charge on any atom is -0.467 e. The van der Waals surface area contributed by atoms with Crippen molar-refractivity contribution >= 4 is 5.97 Å². The van der Waals surface area contributed by atoms with Crippen LogP contribution in [0.25, 0.3) is 0 Å². The summed E-state index contributed by atoms with van der Waals surface area (Å²) in [6, 6.07) is 7.42. The van der Waals surface area contributed by atoms with Crippen molar-refractivity contribution in [2.24, 2.45) is 0 Å². The highest BCUT2D eigenvalue weighted by atomic mass is 16.6. The third-order valence-electron chi connectivity index (χ3n) is 2.54. The third-order valence-corrected chi connectivity index (χ3v) is 2.54. The Morgan fingerprint density at radius 1 is 1.32 bits per heavy atom. The molecule has 1 rings (SSSR count). The standard InChI is InChI=1S/C15H18O4/c1-15(2,14(17)18-3)19-11-13-8-6-12(7-9-13)5-4-10-16/h6-9,16H,10-11H2,1-3H3. The summed E-state index contributed by atoms with van der Waals surface area (Å²) in [4.78, 5) is 11.4. The number of hydrogen-bond acceptors (Lipinski definition) is 4. The van der Waals surface area contributed by atoms with E-state index in [4.69, 9.17) is 9.84 Å². The fourth-order valence-corrected chi connectivity index (χ4v) is 1.39. The predicted molar refractivity (Wildman–Crippen MR) is 71.3 cm³/mol. The number of rotatable bonds is 4. The Balaban J connectivity index is 2.61. The van der Waals surface area contributed by atoms with Crippen LogP contribution in [0.4, 0.5) is 0 Å². The maximum Gasteiger partial charge on any atom is 0.337 e. The summed E-state index contributed by atoms with van der Waals surface area (Å²) >= 11 is 0. The molecular formula is C15H18O4. The second-order valence-corrected chi connectivity index (χ2v) is 4.45. The normalized spacial score (nSPS) is 10.5. The van der Waals surface area contributed by atoms with E-state index in [-0.39, 0.29) is 6.61 Å². The van der Waals surface area contributed by atoms with E-state index >= 15 is 0 Å². The maximum absolute atomic E-state index is 11.4. The number of aliphatic hydroxyl groups excluding tert-OH is 1. The van der Waals surface area contributed by atoms with E-state index in [0.29, 0.717) is 6.61 Å². The fourth-order valence-electron chi connectivity index (χ4n) is 1.39. The number of benzene rings is 1. The second-order valence-electron chi connectivity index (χ2n) is 4.45. The Kier molecular flexibility index (Phi) is 5.56. The number of hydrogen-bond donors (Lipinski definition) is 1. The third kappa shape index (κ3) is 4.74. The zero-order valence-corrected chi connectivity index (χ0v) is 11.4. The molecule has 0 aliphatic heterocycles. The lowest BCUT2D eigenvalue weighted by atomic mass is 10.1. The van der Waals surface area contributed by atoms with E-state index < -0.39 is 11.6 Å². The molecule has 1 aromatic carbocycles. The Morgan fingerprint density at radius 3 is 2.47 bits per heavy atom. The van der Waals surface area contributed by atoms with Gasteiger partial charge in [0, 0.05) is 5.56 Å². The number of aliphatic hydroxyl groups is 1. The van der Waals surface area contributed by atoms with Crippen molar-refractivity contribution in [2.45, 2.75) is 26.1 Å². The van der Waals surface area contributed by atoms with Gasteiger partial charge >= 0.3 is 5.97 Å². The summed E-state index contributed by atoms with van der Waals surface area (Å²) in [5.41, 5.74) is 0.793. The molecule has 0 fully saturated rings. The lowest BCUT2D eigenvalue weighted by Gasteiger charge is -2.22. The first-order chi connectivity index (χ1) is 8.99. The van der Waals surface area contributed by atoms with Gasteiger partial charge in [0.05, 0.1) is 13.7 Å². The van der Waals surface area contributed by atoms with Gasteiger partial charge in [0.2, 0.25) is 0 Å². The van der Waals surface area contributed by atoms with E-state index in [2.05, 4.69) is 16.6 Å².